The maximum absolute atomic E-state index is 13.2. The Hall–Kier alpha value is -1.87. The number of hydrogen-bond donors (Lipinski definition) is 3. The topological polar surface area (TPSA) is 86.3 Å². The first-order chi connectivity index (χ1) is 14.4. The van der Waals surface area contributed by atoms with Crippen molar-refractivity contribution < 1.29 is 19.4 Å². The number of anilines is 2. The average molecular weight is 419 g/mol. The minimum atomic E-state index is -1.48. The van der Waals surface area contributed by atoms with Crippen molar-refractivity contribution in [2.75, 3.05) is 49.6 Å². The molecular weight excluding hydrogens is 384 g/mol. The van der Waals surface area contributed by atoms with Crippen LogP contribution in [0.4, 0.5) is 16.2 Å². The summed E-state index contributed by atoms with van der Waals surface area (Å²) in [5.74, 6) is -1.06. The second-order valence-corrected chi connectivity index (χ2v) is 8.76. The number of hydrogen-bond acceptors (Lipinski definition) is 7. The Kier molecular flexibility index (Phi) is 6.20. The predicted octanol–water partition coefficient (Wildman–Crippen LogP) is 1.98. The number of amides is 1. The van der Waals surface area contributed by atoms with Crippen LogP contribution in [0.3, 0.4) is 0 Å². The third kappa shape index (κ3) is 4.14. The summed E-state index contributed by atoms with van der Waals surface area (Å²) in [6.07, 6.45) is 2.54. The van der Waals surface area contributed by atoms with Gasteiger partial charge >= 0.3 is 6.09 Å². The number of carbonyl (C=O) groups excluding carboxylic acids is 1. The van der Waals surface area contributed by atoms with Gasteiger partial charge in [0.15, 0.2) is 0 Å². The third-order valence-electron chi connectivity index (χ3n) is 6.54. The van der Waals surface area contributed by atoms with Crippen molar-refractivity contribution in [1.82, 2.24) is 10.6 Å². The van der Waals surface area contributed by atoms with E-state index < -0.39 is 5.91 Å². The van der Waals surface area contributed by atoms with Gasteiger partial charge in [0.25, 0.3) is 0 Å². The summed E-state index contributed by atoms with van der Waals surface area (Å²) in [7, 11) is 1.49. The van der Waals surface area contributed by atoms with E-state index in [1.807, 2.05) is 17.9 Å². The van der Waals surface area contributed by atoms with Crippen LogP contribution in [0, 0.1) is 0 Å². The van der Waals surface area contributed by atoms with Crippen molar-refractivity contribution in [2.45, 2.75) is 57.1 Å². The lowest BCUT2D eigenvalue weighted by molar-refractivity contribution is -0.174. The second kappa shape index (κ2) is 8.70. The molecule has 3 aliphatic rings. The van der Waals surface area contributed by atoms with E-state index in [1.165, 1.54) is 12.7 Å². The Morgan fingerprint density at radius 1 is 1.20 bits per heavy atom. The van der Waals surface area contributed by atoms with E-state index in [-0.39, 0.29) is 18.2 Å². The van der Waals surface area contributed by atoms with Gasteiger partial charge in [-0.3, -0.25) is 4.90 Å². The minimum Gasteiger partial charge on any atom is -0.444 e. The fourth-order valence-electron chi connectivity index (χ4n) is 4.87. The predicted molar refractivity (Wildman–Crippen MR) is 116 cm³/mol. The number of fused-ring (bicyclic) bond motifs is 1. The lowest BCUT2D eigenvalue weighted by atomic mass is 9.95. The zero-order valence-corrected chi connectivity index (χ0v) is 18.2. The number of methoxy groups -OCH3 is 1. The number of rotatable bonds is 4. The molecule has 0 spiro atoms. The Bertz CT molecular complexity index is 760. The van der Waals surface area contributed by atoms with Crippen molar-refractivity contribution in [1.29, 1.82) is 0 Å². The molecule has 1 aromatic rings. The fourth-order valence-corrected chi connectivity index (χ4v) is 4.87. The van der Waals surface area contributed by atoms with Gasteiger partial charge in [0.05, 0.1) is 11.4 Å². The van der Waals surface area contributed by atoms with Crippen molar-refractivity contribution in [3.8, 4) is 0 Å². The van der Waals surface area contributed by atoms with Gasteiger partial charge < -0.3 is 30.1 Å². The van der Waals surface area contributed by atoms with Gasteiger partial charge in [0.1, 0.15) is 6.10 Å². The number of benzene rings is 1. The zero-order valence-electron chi connectivity index (χ0n) is 18.2. The zero-order chi connectivity index (χ0) is 21.3. The third-order valence-corrected chi connectivity index (χ3v) is 6.54. The standard InChI is InChI=1S/C22H34N4O4/c1-15-14-25(21(27)30-18-5-4-9-23-13-18)20-11-16(17-8-10-24-12-17)6-7-19(20)26(15)22(2,28)29-3/h6-7,11,15,17-18,23-24,28H,4-5,8-10,12-14H2,1-3H3. The van der Waals surface area contributed by atoms with E-state index >= 15 is 0 Å². The van der Waals surface area contributed by atoms with Crippen LogP contribution in [0.1, 0.15) is 44.6 Å². The molecule has 3 N–H and O–H groups in total. The smallest absolute Gasteiger partial charge is 0.414 e. The van der Waals surface area contributed by atoms with Crippen LogP contribution in [0.2, 0.25) is 0 Å². The molecule has 2 saturated heterocycles. The quantitative estimate of drug-likeness (QED) is 0.645. The van der Waals surface area contributed by atoms with E-state index in [9.17, 15) is 9.90 Å². The monoisotopic (exact) mass is 418 g/mol. The van der Waals surface area contributed by atoms with Crippen LogP contribution in [0.5, 0.6) is 0 Å². The highest BCUT2D eigenvalue weighted by molar-refractivity contribution is 5.94. The molecule has 0 bridgehead atoms. The van der Waals surface area contributed by atoms with Crippen LogP contribution < -0.4 is 20.4 Å². The first-order valence-electron chi connectivity index (χ1n) is 11.0. The number of piperidine rings is 1. The Balaban J connectivity index is 1.68. The molecule has 166 valence electrons. The molecule has 1 aromatic carbocycles. The molecule has 0 aromatic heterocycles. The molecule has 0 aliphatic carbocycles. The summed E-state index contributed by atoms with van der Waals surface area (Å²) < 4.78 is 11.2. The Morgan fingerprint density at radius 2 is 2.00 bits per heavy atom. The second-order valence-electron chi connectivity index (χ2n) is 8.76. The molecule has 1 amide bonds. The van der Waals surface area contributed by atoms with E-state index in [4.69, 9.17) is 9.47 Å². The largest absolute Gasteiger partial charge is 0.444 e. The highest BCUT2D eigenvalue weighted by Crippen LogP contribution is 2.42. The maximum Gasteiger partial charge on any atom is 0.414 e. The first-order valence-corrected chi connectivity index (χ1v) is 11.0. The van der Waals surface area contributed by atoms with Gasteiger partial charge in [-0.2, -0.15) is 0 Å². The number of nitrogens with zero attached hydrogens (tertiary/aromatic N) is 2. The van der Waals surface area contributed by atoms with Gasteiger partial charge in [-0.15, -0.1) is 0 Å². The SMILES string of the molecule is COC(C)(O)N1c2ccc(C3CCNC3)cc2N(C(=O)OC2CCCNC2)CC1C. The van der Waals surface area contributed by atoms with E-state index in [0.29, 0.717) is 19.0 Å². The molecule has 4 rings (SSSR count). The maximum atomic E-state index is 13.2. The van der Waals surface area contributed by atoms with Gasteiger partial charge in [-0.1, -0.05) is 6.07 Å². The van der Waals surface area contributed by atoms with Crippen LogP contribution in [0.25, 0.3) is 0 Å². The summed E-state index contributed by atoms with van der Waals surface area (Å²) in [6, 6.07) is 6.03. The van der Waals surface area contributed by atoms with Crippen LogP contribution in [0.15, 0.2) is 18.2 Å². The molecule has 4 unspecified atom stereocenters. The minimum absolute atomic E-state index is 0.104. The van der Waals surface area contributed by atoms with Gasteiger partial charge in [0.2, 0.25) is 5.91 Å². The van der Waals surface area contributed by atoms with E-state index in [1.54, 1.807) is 11.8 Å². The Labute approximate surface area is 178 Å². The highest BCUT2D eigenvalue weighted by Gasteiger charge is 2.42. The lowest BCUT2D eigenvalue weighted by Gasteiger charge is -2.48. The number of ether oxygens (including phenoxy) is 2. The van der Waals surface area contributed by atoms with Crippen LogP contribution in [-0.2, 0) is 9.47 Å². The van der Waals surface area contributed by atoms with Crippen LogP contribution in [-0.4, -0.2) is 69.1 Å². The Morgan fingerprint density at radius 3 is 2.67 bits per heavy atom. The lowest BCUT2D eigenvalue weighted by Crippen LogP contribution is -2.59. The van der Waals surface area contributed by atoms with Crippen molar-refractivity contribution in [3.63, 3.8) is 0 Å². The molecule has 8 heteroatoms. The molecule has 0 saturated carbocycles. The number of nitrogens with one attached hydrogen (secondary N) is 2. The number of aliphatic hydroxyl groups is 1. The summed E-state index contributed by atoms with van der Waals surface area (Å²) in [6.45, 7) is 7.63. The van der Waals surface area contributed by atoms with Crippen molar-refractivity contribution in [2.24, 2.45) is 0 Å². The normalized spacial score (nSPS) is 28.7. The fraction of sp³-hybridized carbons (Fsp3) is 0.682. The molecule has 8 nitrogen and oxygen atoms in total. The van der Waals surface area contributed by atoms with E-state index in [0.717, 1.165) is 50.3 Å². The summed E-state index contributed by atoms with van der Waals surface area (Å²) >= 11 is 0. The van der Waals surface area contributed by atoms with Crippen LogP contribution >= 0.6 is 0 Å². The molecule has 0 radical (unpaired) electrons. The average Bonchev–Trinajstić information content (AvgIpc) is 3.28. The molecule has 3 heterocycles. The molecule has 2 fully saturated rings. The molecule has 3 aliphatic heterocycles. The molecule has 30 heavy (non-hydrogen) atoms. The van der Waals surface area contributed by atoms with Crippen molar-refractivity contribution in [3.05, 3.63) is 23.8 Å². The molecular formula is C22H34N4O4. The summed E-state index contributed by atoms with van der Waals surface area (Å²) in [5, 5.41) is 17.6. The van der Waals surface area contributed by atoms with Gasteiger partial charge in [-0.05, 0) is 62.9 Å². The summed E-state index contributed by atoms with van der Waals surface area (Å²) in [4.78, 5) is 16.7. The van der Waals surface area contributed by atoms with Gasteiger partial charge in [0, 0.05) is 39.7 Å². The first kappa shape index (κ1) is 21.4. The number of carbonyl (C=O) groups is 1. The van der Waals surface area contributed by atoms with Gasteiger partial charge in [-0.25, -0.2) is 4.79 Å². The van der Waals surface area contributed by atoms with Crippen molar-refractivity contribution >= 4 is 17.5 Å². The van der Waals surface area contributed by atoms with E-state index in [2.05, 4.69) is 22.8 Å². The highest BCUT2D eigenvalue weighted by atomic mass is 16.6. The summed E-state index contributed by atoms with van der Waals surface area (Å²) in [5.41, 5.74) is 2.74. The molecule has 4 atom stereocenters.